The maximum atomic E-state index is 12.6. The first kappa shape index (κ1) is 18.2. The summed E-state index contributed by atoms with van der Waals surface area (Å²) in [5.74, 6) is -2.63. The second kappa shape index (κ2) is 6.63. The predicted molar refractivity (Wildman–Crippen MR) is 91.4 cm³/mol. The second-order valence-corrected chi connectivity index (χ2v) is 5.87. The third-order valence-electron chi connectivity index (χ3n) is 3.79. The lowest BCUT2D eigenvalue weighted by Gasteiger charge is -2.05. The van der Waals surface area contributed by atoms with Crippen molar-refractivity contribution >= 4 is 44.8 Å². The lowest BCUT2D eigenvalue weighted by Crippen LogP contribution is -2.36. The molecule has 0 spiro atoms. The highest BCUT2D eigenvalue weighted by atomic mass is 32.2. The van der Waals surface area contributed by atoms with Gasteiger partial charge >= 0.3 is 11.9 Å². The summed E-state index contributed by atoms with van der Waals surface area (Å²) in [6, 6.07) is 6.52. The Morgan fingerprint density at radius 3 is 1.59 bits per heavy atom. The Balaban J connectivity index is 2.66. The summed E-state index contributed by atoms with van der Waals surface area (Å²) in [6.07, 6.45) is 0. The van der Waals surface area contributed by atoms with Crippen molar-refractivity contribution in [2.24, 2.45) is 0 Å². The zero-order valence-corrected chi connectivity index (χ0v) is 13.9. The van der Waals surface area contributed by atoms with Crippen LogP contribution in [0, 0.1) is 0 Å². The topological polar surface area (TPSA) is 163 Å². The number of hydrogen-bond donors (Lipinski definition) is 2. The Bertz CT molecular complexity index is 1190. The molecule has 0 radical (unpaired) electrons. The van der Waals surface area contributed by atoms with Crippen LogP contribution in [-0.4, -0.2) is 35.6 Å². The van der Waals surface area contributed by atoms with Crippen molar-refractivity contribution in [2.75, 3.05) is 0 Å². The van der Waals surface area contributed by atoms with Crippen LogP contribution < -0.4 is 15.4 Å². The number of aromatic nitrogens is 1. The van der Waals surface area contributed by atoms with Crippen LogP contribution in [0.15, 0.2) is 46.0 Å². The molecule has 1 heterocycles. The standard InChI is InChI=1S/C16H9NO9S/c18-13-9-3-1-7(15(20)21)5-11(9)12-6-8(16(22)23)2-4-10(12)14(19)17(13)26-27(24)25/h1-6H,(H,20,21)(H,22,23)(H,24,25)/p-1. The van der Waals surface area contributed by atoms with Crippen LogP contribution in [0.5, 0.6) is 0 Å². The molecule has 0 aliphatic carbocycles. The number of carbonyl (C=O) groups is 2. The Labute approximate surface area is 151 Å². The number of rotatable bonds is 4. The molecule has 138 valence electrons. The minimum Gasteiger partial charge on any atom is -0.738 e. The molecule has 3 rings (SSSR count). The summed E-state index contributed by atoms with van der Waals surface area (Å²) in [5.41, 5.74) is -2.74. The van der Waals surface area contributed by atoms with Crippen LogP contribution in [0.4, 0.5) is 0 Å². The van der Waals surface area contributed by atoms with Gasteiger partial charge in [0.1, 0.15) is 0 Å². The van der Waals surface area contributed by atoms with Gasteiger partial charge in [-0.1, -0.05) is 4.73 Å². The molecular formula is C16H8NO9S-. The van der Waals surface area contributed by atoms with Crippen LogP contribution in [0.1, 0.15) is 20.7 Å². The molecule has 10 nitrogen and oxygen atoms in total. The van der Waals surface area contributed by atoms with Gasteiger partial charge < -0.3 is 19.0 Å². The molecule has 2 N–H and O–H groups in total. The van der Waals surface area contributed by atoms with E-state index in [2.05, 4.69) is 4.28 Å². The van der Waals surface area contributed by atoms with E-state index in [4.69, 9.17) is 0 Å². The Hall–Kier alpha value is -3.57. The maximum absolute atomic E-state index is 12.6. The maximum Gasteiger partial charge on any atom is 0.335 e. The summed E-state index contributed by atoms with van der Waals surface area (Å²) in [6.45, 7) is 0. The van der Waals surface area contributed by atoms with E-state index in [0.29, 0.717) is 0 Å². The number of carboxylic acid groups (broad SMARTS) is 2. The van der Waals surface area contributed by atoms with Gasteiger partial charge in [0.05, 0.1) is 21.9 Å². The normalized spacial score (nSPS) is 12.0. The molecule has 0 bridgehead atoms. The van der Waals surface area contributed by atoms with E-state index in [0.717, 1.165) is 36.4 Å². The van der Waals surface area contributed by atoms with Crippen molar-refractivity contribution in [3.8, 4) is 0 Å². The number of nitrogens with zero attached hydrogens (tertiary/aromatic N) is 1. The van der Waals surface area contributed by atoms with Gasteiger partial charge in [-0.3, -0.25) is 9.59 Å². The Kier molecular flexibility index (Phi) is 4.47. The van der Waals surface area contributed by atoms with Gasteiger partial charge in [0.15, 0.2) is 11.4 Å². The first-order chi connectivity index (χ1) is 12.7. The smallest absolute Gasteiger partial charge is 0.335 e. The third kappa shape index (κ3) is 3.16. The number of aromatic carboxylic acids is 2. The fraction of sp³-hybridized carbons (Fsp3) is 0. The summed E-state index contributed by atoms with van der Waals surface area (Å²) in [7, 11) is 0. The molecule has 27 heavy (non-hydrogen) atoms. The minimum atomic E-state index is -3.24. The van der Waals surface area contributed by atoms with E-state index in [1.54, 1.807) is 0 Å². The Morgan fingerprint density at radius 1 is 0.852 bits per heavy atom. The highest BCUT2D eigenvalue weighted by Crippen LogP contribution is 2.22. The van der Waals surface area contributed by atoms with Crippen molar-refractivity contribution in [3.63, 3.8) is 0 Å². The number of carboxylic acids is 2. The summed E-state index contributed by atoms with van der Waals surface area (Å²) < 4.78 is 26.0. The first-order valence-electron chi connectivity index (χ1n) is 7.12. The van der Waals surface area contributed by atoms with E-state index in [1.165, 1.54) is 0 Å². The molecule has 0 aliphatic heterocycles. The van der Waals surface area contributed by atoms with Gasteiger partial charge in [0.2, 0.25) is 0 Å². The van der Waals surface area contributed by atoms with Crippen molar-refractivity contribution in [1.29, 1.82) is 0 Å². The number of fused-ring (bicyclic) bond motifs is 3. The third-order valence-corrected chi connectivity index (χ3v) is 4.06. The fourth-order valence-electron chi connectivity index (χ4n) is 2.61. The van der Waals surface area contributed by atoms with Crippen LogP contribution in [0.2, 0.25) is 0 Å². The van der Waals surface area contributed by atoms with Crippen molar-refractivity contribution < 1.29 is 32.8 Å². The van der Waals surface area contributed by atoms with Gasteiger partial charge in [-0.15, -0.1) is 0 Å². The molecule has 0 fully saturated rings. The van der Waals surface area contributed by atoms with E-state index in [1.807, 2.05) is 0 Å². The molecule has 1 unspecified atom stereocenters. The second-order valence-electron chi connectivity index (χ2n) is 5.31. The SMILES string of the molecule is O=C(O)c1ccc2c(=O)n(OS(=O)[O-])c(=O)c3ccc(C(=O)O)cc3c2c1. The van der Waals surface area contributed by atoms with Gasteiger partial charge in [-0.05, 0) is 47.2 Å². The summed E-state index contributed by atoms with van der Waals surface area (Å²) in [5, 5.41) is 17.8. The van der Waals surface area contributed by atoms with Gasteiger partial charge in [0.25, 0.3) is 11.1 Å². The fourth-order valence-corrected chi connectivity index (χ4v) is 2.87. The zero-order valence-electron chi connectivity index (χ0n) is 13.1. The van der Waals surface area contributed by atoms with Gasteiger partial charge in [0, 0.05) is 0 Å². The molecular weight excluding hydrogens is 382 g/mol. The quantitative estimate of drug-likeness (QED) is 0.589. The van der Waals surface area contributed by atoms with Crippen molar-refractivity contribution in [3.05, 3.63) is 68.2 Å². The summed E-state index contributed by atoms with van der Waals surface area (Å²) >= 11 is -3.24. The molecule has 2 aromatic carbocycles. The van der Waals surface area contributed by atoms with Crippen LogP contribution >= 0.6 is 0 Å². The van der Waals surface area contributed by atoms with Crippen LogP contribution in [0.25, 0.3) is 21.5 Å². The molecule has 1 atom stereocenters. The van der Waals surface area contributed by atoms with Crippen molar-refractivity contribution in [2.45, 2.75) is 0 Å². The minimum absolute atomic E-state index is 0.00859. The molecule has 1 aromatic heterocycles. The highest BCUT2D eigenvalue weighted by Gasteiger charge is 2.16. The molecule has 3 aromatic rings. The highest BCUT2D eigenvalue weighted by molar-refractivity contribution is 7.74. The van der Waals surface area contributed by atoms with E-state index >= 15 is 0 Å². The molecule has 0 saturated heterocycles. The monoisotopic (exact) mass is 390 g/mol. The average Bonchev–Trinajstić information content (AvgIpc) is 2.70. The summed E-state index contributed by atoms with van der Waals surface area (Å²) in [4.78, 5) is 47.7. The van der Waals surface area contributed by atoms with E-state index in [9.17, 15) is 38.2 Å². The van der Waals surface area contributed by atoms with E-state index < -0.39 is 34.4 Å². The zero-order chi connectivity index (χ0) is 19.9. The molecule has 11 heteroatoms. The lowest BCUT2D eigenvalue weighted by atomic mass is 10.0. The number of benzene rings is 2. The molecule has 0 aliphatic rings. The van der Waals surface area contributed by atoms with E-state index in [-0.39, 0.29) is 37.4 Å². The Morgan fingerprint density at radius 2 is 1.26 bits per heavy atom. The number of hydrogen-bond acceptors (Lipinski definition) is 7. The van der Waals surface area contributed by atoms with Gasteiger partial charge in [-0.2, -0.15) is 0 Å². The lowest BCUT2D eigenvalue weighted by molar-refractivity contribution is 0.0686. The van der Waals surface area contributed by atoms with Crippen LogP contribution in [-0.2, 0) is 11.4 Å². The molecule has 0 saturated carbocycles. The van der Waals surface area contributed by atoms with Gasteiger partial charge in [-0.25, -0.2) is 13.8 Å². The average molecular weight is 390 g/mol. The first-order valence-corrected chi connectivity index (χ1v) is 8.12. The predicted octanol–water partition coefficient (Wildman–Crippen LogP) is 0.134. The van der Waals surface area contributed by atoms with Crippen LogP contribution in [0.3, 0.4) is 0 Å². The molecule has 0 amide bonds. The van der Waals surface area contributed by atoms with Crippen molar-refractivity contribution in [1.82, 2.24) is 4.73 Å². The largest absolute Gasteiger partial charge is 0.738 e.